The van der Waals surface area contributed by atoms with Crippen LogP contribution in [0.3, 0.4) is 0 Å². The van der Waals surface area contributed by atoms with E-state index >= 15 is 0 Å². The molecule has 0 radical (unpaired) electrons. The largest absolute Gasteiger partial charge is 0.455 e. The second-order valence-corrected chi connectivity index (χ2v) is 11.6. The molecule has 0 fully saturated rings. The van der Waals surface area contributed by atoms with E-state index in [0.717, 1.165) is 66.8 Å². The van der Waals surface area contributed by atoms with Crippen LogP contribution in [-0.4, -0.2) is 4.98 Å². The minimum atomic E-state index is 0.585. The van der Waals surface area contributed by atoms with Gasteiger partial charge >= 0.3 is 0 Å². The molecule has 9 rings (SSSR count). The van der Waals surface area contributed by atoms with Crippen LogP contribution < -0.4 is 4.90 Å². The van der Waals surface area contributed by atoms with Crippen molar-refractivity contribution < 1.29 is 8.83 Å². The predicted molar refractivity (Wildman–Crippen MR) is 192 cm³/mol. The SMILES string of the molecule is c1ccc(-c2ccc(N(c3ccccc3)c3ccc(-c4ccc(-c5nc6ccccc6o5)c5c4oc4ccccc45)cc3)cc2)cc1. The van der Waals surface area contributed by atoms with E-state index in [4.69, 9.17) is 13.8 Å². The first-order chi connectivity index (χ1) is 23.3. The molecule has 0 saturated heterocycles. The molecule has 0 saturated carbocycles. The lowest BCUT2D eigenvalue weighted by Gasteiger charge is -2.26. The molecule has 0 aliphatic heterocycles. The molecule has 4 nitrogen and oxygen atoms in total. The molecule has 0 atom stereocenters. The van der Waals surface area contributed by atoms with Crippen molar-refractivity contribution in [2.45, 2.75) is 0 Å². The molecular weight excluding hydrogens is 576 g/mol. The Balaban J connectivity index is 1.14. The van der Waals surface area contributed by atoms with E-state index in [1.54, 1.807) is 0 Å². The Morgan fingerprint density at radius 2 is 0.957 bits per heavy atom. The zero-order valence-electron chi connectivity index (χ0n) is 25.4. The van der Waals surface area contributed by atoms with Crippen molar-refractivity contribution in [3.63, 3.8) is 0 Å². The molecule has 47 heavy (non-hydrogen) atoms. The Bertz CT molecular complexity index is 2460. The van der Waals surface area contributed by atoms with Crippen LogP contribution in [0.15, 0.2) is 179 Å². The monoisotopic (exact) mass is 604 g/mol. The van der Waals surface area contributed by atoms with Gasteiger partial charge in [0.05, 0.1) is 0 Å². The average Bonchev–Trinajstić information content (AvgIpc) is 3.75. The van der Waals surface area contributed by atoms with Gasteiger partial charge in [-0.2, -0.15) is 0 Å². The number of hydrogen-bond acceptors (Lipinski definition) is 4. The van der Waals surface area contributed by atoms with Crippen LogP contribution in [0.1, 0.15) is 0 Å². The first-order valence-corrected chi connectivity index (χ1v) is 15.7. The van der Waals surface area contributed by atoms with Crippen LogP contribution in [0.4, 0.5) is 17.1 Å². The molecule has 222 valence electrons. The van der Waals surface area contributed by atoms with Crippen LogP contribution >= 0.6 is 0 Å². The molecule has 0 aliphatic carbocycles. The van der Waals surface area contributed by atoms with Crippen molar-refractivity contribution in [3.05, 3.63) is 170 Å². The maximum atomic E-state index is 6.56. The van der Waals surface area contributed by atoms with Crippen molar-refractivity contribution in [3.8, 4) is 33.7 Å². The summed E-state index contributed by atoms with van der Waals surface area (Å²) in [6.45, 7) is 0. The van der Waals surface area contributed by atoms with Gasteiger partial charge in [0.2, 0.25) is 5.89 Å². The number of fused-ring (bicyclic) bond motifs is 4. The summed E-state index contributed by atoms with van der Waals surface area (Å²) in [7, 11) is 0. The van der Waals surface area contributed by atoms with E-state index in [0.29, 0.717) is 5.89 Å². The van der Waals surface area contributed by atoms with Crippen LogP contribution in [0, 0.1) is 0 Å². The Kier molecular flexibility index (Phi) is 6.43. The maximum absolute atomic E-state index is 6.56. The molecule has 4 heteroatoms. The third-order valence-corrected chi connectivity index (χ3v) is 8.73. The standard InChI is InChI=1S/C43H28N2O2/c1-3-11-29(12-4-1)30-19-23-33(24-20-30)45(32-13-5-2-6-14-32)34-25-21-31(22-26-34)35-27-28-37(43-44-38-16-8-10-18-40(38)47-43)41-36-15-7-9-17-39(36)46-42(35)41/h1-28H. The lowest BCUT2D eigenvalue weighted by molar-refractivity contribution is 0.620. The van der Waals surface area contributed by atoms with E-state index in [1.807, 2.05) is 54.6 Å². The Morgan fingerprint density at radius 1 is 0.404 bits per heavy atom. The molecule has 0 aliphatic rings. The average molecular weight is 605 g/mol. The summed E-state index contributed by atoms with van der Waals surface area (Å²) in [4.78, 5) is 7.10. The van der Waals surface area contributed by atoms with Crippen LogP contribution in [0.25, 0.3) is 66.7 Å². The fraction of sp³-hybridized carbons (Fsp3) is 0. The number of nitrogens with zero attached hydrogens (tertiary/aromatic N) is 2. The third-order valence-electron chi connectivity index (χ3n) is 8.73. The summed E-state index contributed by atoms with van der Waals surface area (Å²) in [5.41, 5.74) is 11.9. The first-order valence-electron chi connectivity index (χ1n) is 15.7. The minimum Gasteiger partial charge on any atom is -0.455 e. The molecule has 0 N–H and O–H groups in total. The number of rotatable bonds is 6. The number of hydrogen-bond donors (Lipinski definition) is 0. The molecular formula is C43H28N2O2. The smallest absolute Gasteiger partial charge is 0.228 e. The topological polar surface area (TPSA) is 42.4 Å². The Morgan fingerprint density at radius 3 is 1.68 bits per heavy atom. The van der Waals surface area contributed by atoms with Crippen LogP contribution in [0.5, 0.6) is 0 Å². The molecule has 0 spiro atoms. The van der Waals surface area contributed by atoms with Gasteiger partial charge in [-0.25, -0.2) is 4.98 Å². The fourth-order valence-corrected chi connectivity index (χ4v) is 6.47. The molecule has 2 heterocycles. The second-order valence-electron chi connectivity index (χ2n) is 11.6. The highest BCUT2D eigenvalue weighted by Gasteiger charge is 2.20. The van der Waals surface area contributed by atoms with Crippen molar-refractivity contribution in [1.29, 1.82) is 0 Å². The molecule has 0 amide bonds. The number of benzene rings is 7. The summed E-state index contributed by atoms with van der Waals surface area (Å²) in [6.07, 6.45) is 0. The van der Waals surface area contributed by atoms with Gasteiger partial charge in [0, 0.05) is 39.0 Å². The van der Waals surface area contributed by atoms with Crippen molar-refractivity contribution in [1.82, 2.24) is 4.98 Å². The van der Waals surface area contributed by atoms with Gasteiger partial charge in [-0.15, -0.1) is 0 Å². The summed E-state index contributed by atoms with van der Waals surface area (Å²) in [5.74, 6) is 0.585. The number of anilines is 3. The van der Waals surface area contributed by atoms with Crippen molar-refractivity contribution in [2.75, 3.05) is 4.90 Å². The highest BCUT2D eigenvalue weighted by Crippen LogP contribution is 2.43. The van der Waals surface area contributed by atoms with Crippen molar-refractivity contribution in [2.24, 2.45) is 0 Å². The maximum Gasteiger partial charge on any atom is 0.228 e. The summed E-state index contributed by atoms with van der Waals surface area (Å²) < 4.78 is 12.8. The van der Waals surface area contributed by atoms with Crippen LogP contribution in [-0.2, 0) is 0 Å². The summed E-state index contributed by atoms with van der Waals surface area (Å²) in [6, 6.07) is 58.6. The van der Waals surface area contributed by atoms with Crippen molar-refractivity contribution >= 4 is 50.1 Å². The lowest BCUT2D eigenvalue weighted by Crippen LogP contribution is -2.09. The first kappa shape index (κ1) is 27.0. The Labute approximate surface area is 271 Å². The predicted octanol–water partition coefficient (Wildman–Crippen LogP) is 12.2. The van der Waals surface area contributed by atoms with Crippen LogP contribution in [0.2, 0.25) is 0 Å². The Hall–Kier alpha value is -6.39. The van der Waals surface area contributed by atoms with E-state index < -0.39 is 0 Å². The van der Waals surface area contributed by atoms with E-state index in [9.17, 15) is 0 Å². The third kappa shape index (κ3) is 4.75. The van der Waals surface area contributed by atoms with Gasteiger partial charge < -0.3 is 13.7 Å². The van der Waals surface area contributed by atoms with E-state index in [2.05, 4.69) is 120 Å². The molecule has 2 aromatic heterocycles. The normalized spacial score (nSPS) is 11.4. The van der Waals surface area contributed by atoms with Gasteiger partial charge in [-0.05, 0) is 83.4 Å². The van der Waals surface area contributed by atoms with Gasteiger partial charge in [0.25, 0.3) is 0 Å². The fourth-order valence-electron chi connectivity index (χ4n) is 6.47. The zero-order valence-corrected chi connectivity index (χ0v) is 25.4. The number of furan rings is 1. The van der Waals surface area contributed by atoms with E-state index in [-0.39, 0.29) is 0 Å². The highest BCUT2D eigenvalue weighted by atomic mass is 16.3. The van der Waals surface area contributed by atoms with E-state index in [1.165, 1.54) is 11.1 Å². The second kappa shape index (κ2) is 11.2. The molecule has 0 unspecified atom stereocenters. The summed E-state index contributed by atoms with van der Waals surface area (Å²) >= 11 is 0. The van der Waals surface area contributed by atoms with Gasteiger partial charge in [-0.1, -0.05) is 103 Å². The molecule has 9 aromatic rings. The number of aromatic nitrogens is 1. The molecule has 7 aromatic carbocycles. The van der Waals surface area contributed by atoms with Gasteiger partial charge in [0.15, 0.2) is 5.58 Å². The minimum absolute atomic E-state index is 0.585. The summed E-state index contributed by atoms with van der Waals surface area (Å²) in [5, 5.41) is 2.03. The lowest BCUT2D eigenvalue weighted by atomic mass is 9.98. The number of oxazole rings is 1. The van der Waals surface area contributed by atoms with Gasteiger partial charge in [-0.3, -0.25) is 0 Å². The van der Waals surface area contributed by atoms with Gasteiger partial charge in [0.1, 0.15) is 16.7 Å². The number of para-hydroxylation sites is 4. The molecule has 0 bridgehead atoms. The zero-order chi connectivity index (χ0) is 31.2. The quantitative estimate of drug-likeness (QED) is 0.189. The highest BCUT2D eigenvalue weighted by molar-refractivity contribution is 6.15.